The van der Waals surface area contributed by atoms with Crippen molar-refractivity contribution in [2.75, 3.05) is 6.61 Å². The molecular formula is C19H18N2OS. The van der Waals surface area contributed by atoms with Crippen LogP contribution < -0.4 is 4.74 Å². The lowest BCUT2D eigenvalue weighted by atomic mass is 10.0. The minimum atomic E-state index is 0.554. The molecule has 0 N–H and O–H groups in total. The maximum absolute atomic E-state index is 5.94. The summed E-state index contributed by atoms with van der Waals surface area (Å²) in [7, 11) is 0. The summed E-state index contributed by atoms with van der Waals surface area (Å²) in [6, 6.07) is 12.3. The van der Waals surface area contributed by atoms with Gasteiger partial charge in [-0.25, -0.2) is 9.98 Å². The van der Waals surface area contributed by atoms with E-state index in [0.29, 0.717) is 6.61 Å². The number of aliphatic imine (C=N–C) groups is 1. The minimum Gasteiger partial charge on any atom is -0.489 e. The van der Waals surface area contributed by atoms with Gasteiger partial charge in [-0.15, -0.1) is 11.3 Å². The van der Waals surface area contributed by atoms with Crippen LogP contribution in [0.25, 0.3) is 10.8 Å². The van der Waals surface area contributed by atoms with Crippen LogP contribution in [0.3, 0.4) is 0 Å². The Kier molecular flexibility index (Phi) is 4.83. The highest BCUT2D eigenvalue weighted by atomic mass is 32.1. The number of hydrogen-bond donors (Lipinski definition) is 0. The average Bonchev–Trinajstić information content (AvgIpc) is 3.06. The van der Waals surface area contributed by atoms with Crippen LogP contribution in [0.4, 0.5) is 5.13 Å². The zero-order valence-corrected chi connectivity index (χ0v) is 14.0. The highest BCUT2D eigenvalue weighted by molar-refractivity contribution is 7.13. The van der Waals surface area contributed by atoms with Crippen molar-refractivity contribution < 1.29 is 4.74 Å². The van der Waals surface area contributed by atoms with Gasteiger partial charge in [0.2, 0.25) is 5.13 Å². The van der Waals surface area contributed by atoms with Gasteiger partial charge in [0, 0.05) is 23.4 Å². The Bertz CT molecular complexity index is 847. The van der Waals surface area contributed by atoms with Gasteiger partial charge in [-0.3, -0.25) is 0 Å². The molecule has 0 saturated heterocycles. The Morgan fingerprint density at radius 3 is 2.87 bits per heavy atom. The summed E-state index contributed by atoms with van der Waals surface area (Å²) in [5.74, 6) is 0.835. The molecule has 23 heavy (non-hydrogen) atoms. The molecule has 0 aliphatic carbocycles. The van der Waals surface area contributed by atoms with Crippen LogP contribution in [-0.2, 0) is 0 Å². The van der Waals surface area contributed by atoms with E-state index in [1.165, 1.54) is 22.3 Å². The Labute approximate surface area is 140 Å². The number of fused-ring (bicyclic) bond motifs is 1. The van der Waals surface area contributed by atoms with Crippen LogP contribution in [0, 0.1) is 0 Å². The topological polar surface area (TPSA) is 34.5 Å². The van der Waals surface area contributed by atoms with E-state index in [0.717, 1.165) is 21.8 Å². The second-order valence-corrected chi connectivity index (χ2v) is 6.24. The Morgan fingerprint density at radius 2 is 2.09 bits per heavy atom. The van der Waals surface area contributed by atoms with Crippen molar-refractivity contribution in [1.29, 1.82) is 0 Å². The quantitative estimate of drug-likeness (QED) is 0.466. The molecule has 0 fully saturated rings. The summed E-state index contributed by atoms with van der Waals surface area (Å²) in [4.78, 5) is 8.67. The molecule has 0 bridgehead atoms. The summed E-state index contributed by atoms with van der Waals surface area (Å²) in [5.41, 5.74) is 2.23. The van der Waals surface area contributed by atoms with Crippen molar-refractivity contribution in [3.63, 3.8) is 0 Å². The van der Waals surface area contributed by atoms with E-state index in [1.807, 2.05) is 29.8 Å². The van der Waals surface area contributed by atoms with Gasteiger partial charge in [-0.05, 0) is 36.8 Å². The van der Waals surface area contributed by atoms with Crippen molar-refractivity contribution in [2.24, 2.45) is 4.99 Å². The lowest BCUT2D eigenvalue weighted by Gasteiger charge is -2.10. The number of rotatable bonds is 5. The van der Waals surface area contributed by atoms with E-state index >= 15 is 0 Å². The molecule has 0 unspecified atom stereocenters. The molecule has 1 heterocycles. The van der Waals surface area contributed by atoms with Gasteiger partial charge < -0.3 is 4.74 Å². The molecule has 3 nitrogen and oxygen atoms in total. The van der Waals surface area contributed by atoms with Gasteiger partial charge in [0.1, 0.15) is 12.4 Å². The van der Waals surface area contributed by atoms with Gasteiger partial charge in [-0.1, -0.05) is 35.9 Å². The standard InChI is InChI=1S/C19H18N2OS/c1-14(2)9-11-22-18-8-7-15-5-3-4-6-16(15)17(18)13-21-19-20-10-12-23-19/h3-10,12-13H,11H2,1-2H3/b21-13+. The number of ether oxygens (including phenoxy) is 1. The molecule has 0 aliphatic rings. The second kappa shape index (κ2) is 7.20. The Balaban J connectivity index is 2.01. The first-order valence-corrected chi connectivity index (χ1v) is 8.33. The summed E-state index contributed by atoms with van der Waals surface area (Å²) in [6.45, 7) is 4.68. The molecule has 1 aromatic heterocycles. The number of thiazole rings is 1. The van der Waals surface area contributed by atoms with Crippen LogP contribution >= 0.6 is 11.3 Å². The van der Waals surface area contributed by atoms with Gasteiger partial charge in [-0.2, -0.15) is 0 Å². The molecule has 0 radical (unpaired) electrons. The summed E-state index contributed by atoms with van der Waals surface area (Å²) >= 11 is 1.52. The minimum absolute atomic E-state index is 0.554. The highest BCUT2D eigenvalue weighted by Crippen LogP contribution is 2.27. The third-order valence-electron chi connectivity index (χ3n) is 3.38. The summed E-state index contributed by atoms with van der Waals surface area (Å²) in [5, 5.41) is 4.96. The molecule has 0 spiro atoms. The fourth-order valence-corrected chi connectivity index (χ4v) is 2.71. The number of hydrogen-bond acceptors (Lipinski definition) is 4. The van der Waals surface area contributed by atoms with E-state index in [-0.39, 0.29) is 0 Å². The van der Waals surface area contributed by atoms with Gasteiger partial charge in [0.05, 0.1) is 0 Å². The predicted molar refractivity (Wildman–Crippen MR) is 98.2 cm³/mol. The molecule has 3 aromatic rings. The number of nitrogens with zero attached hydrogens (tertiary/aromatic N) is 2. The van der Waals surface area contributed by atoms with E-state index < -0.39 is 0 Å². The normalized spacial score (nSPS) is 11.0. The van der Waals surface area contributed by atoms with Crippen molar-refractivity contribution in [3.8, 4) is 5.75 Å². The first-order valence-electron chi connectivity index (χ1n) is 7.45. The fraction of sp³-hybridized carbons (Fsp3) is 0.158. The zero-order chi connectivity index (χ0) is 16.1. The molecule has 0 amide bonds. The van der Waals surface area contributed by atoms with Crippen LogP contribution in [0.1, 0.15) is 19.4 Å². The van der Waals surface area contributed by atoms with Crippen molar-refractivity contribution in [1.82, 2.24) is 4.98 Å². The molecule has 0 atom stereocenters. The van der Waals surface area contributed by atoms with E-state index in [4.69, 9.17) is 4.74 Å². The SMILES string of the molecule is CC(C)=CCOc1ccc2ccccc2c1/C=N/c1nccs1. The van der Waals surface area contributed by atoms with Crippen molar-refractivity contribution >= 4 is 33.5 Å². The molecule has 2 aromatic carbocycles. The van der Waals surface area contributed by atoms with Crippen molar-refractivity contribution in [2.45, 2.75) is 13.8 Å². The monoisotopic (exact) mass is 322 g/mol. The highest BCUT2D eigenvalue weighted by Gasteiger charge is 2.07. The van der Waals surface area contributed by atoms with Gasteiger partial charge in [0.15, 0.2) is 0 Å². The second-order valence-electron chi connectivity index (χ2n) is 5.36. The first-order chi connectivity index (χ1) is 11.2. The maximum Gasteiger partial charge on any atom is 0.209 e. The molecule has 0 saturated carbocycles. The number of benzene rings is 2. The average molecular weight is 322 g/mol. The van der Waals surface area contributed by atoms with E-state index in [2.05, 4.69) is 48.1 Å². The third-order valence-corrected chi connectivity index (χ3v) is 4.06. The van der Waals surface area contributed by atoms with Crippen LogP contribution in [-0.4, -0.2) is 17.8 Å². The maximum atomic E-state index is 5.94. The van der Waals surface area contributed by atoms with Crippen molar-refractivity contribution in [3.05, 3.63) is 65.2 Å². The van der Waals surface area contributed by atoms with Crippen LogP contribution in [0.5, 0.6) is 5.75 Å². The van der Waals surface area contributed by atoms with Gasteiger partial charge >= 0.3 is 0 Å². The Hall–Kier alpha value is -2.46. The molecule has 0 aliphatic heterocycles. The smallest absolute Gasteiger partial charge is 0.209 e. The molecule has 4 heteroatoms. The largest absolute Gasteiger partial charge is 0.489 e. The summed E-state index contributed by atoms with van der Waals surface area (Å²) in [6.07, 6.45) is 5.67. The van der Waals surface area contributed by atoms with E-state index in [1.54, 1.807) is 6.20 Å². The number of allylic oxidation sites excluding steroid dienone is 1. The number of aromatic nitrogens is 1. The molecule has 116 valence electrons. The summed E-state index contributed by atoms with van der Waals surface area (Å²) < 4.78 is 5.94. The lowest BCUT2D eigenvalue weighted by Crippen LogP contribution is -1.98. The third kappa shape index (κ3) is 3.85. The molecular weight excluding hydrogens is 304 g/mol. The van der Waals surface area contributed by atoms with Crippen LogP contribution in [0.15, 0.2) is 64.6 Å². The lowest BCUT2D eigenvalue weighted by molar-refractivity contribution is 0.362. The van der Waals surface area contributed by atoms with Gasteiger partial charge in [0.25, 0.3) is 0 Å². The van der Waals surface area contributed by atoms with E-state index in [9.17, 15) is 0 Å². The van der Waals surface area contributed by atoms with Crippen LogP contribution in [0.2, 0.25) is 0 Å². The molecule has 3 rings (SSSR count). The fourth-order valence-electron chi connectivity index (χ4n) is 2.23. The Morgan fingerprint density at radius 1 is 1.22 bits per heavy atom. The predicted octanol–water partition coefficient (Wildman–Crippen LogP) is 5.39. The first kappa shape index (κ1) is 15.4. The zero-order valence-electron chi connectivity index (χ0n) is 13.2.